The number of rotatable bonds is 5. The van der Waals surface area contributed by atoms with Crippen molar-refractivity contribution in [2.24, 2.45) is 5.73 Å². The summed E-state index contributed by atoms with van der Waals surface area (Å²) < 4.78 is 31.7. The summed E-state index contributed by atoms with van der Waals surface area (Å²) in [6.45, 7) is 1.13. The summed E-state index contributed by atoms with van der Waals surface area (Å²) in [4.78, 5) is 21.0. The fraction of sp³-hybridized carbons (Fsp3) is 0.364. The van der Waals surface area contributed by atoms with Crippen LogP contribution in [0, 0.1) is 10.1 Å². The molecule has 1 rings (SSSR count). The number of hydrogen-bond acceptors (Lipinski definition) is 5. The molecule has 1 atom stereocenters. The third-order valence-electron chi connectivity index (χ3n) is 2.46. The molecule has 9 heteroatoms. The van der Waals surface area contributed by atoms with Crippen molar-refractivity contribution in [3.63, 3.8) is 0 Å². The molecular weight excluding hydrogens is 298 g/mol. The topological polar surface area (TPSA) is 95.5 Å². The second kappa shape index (κ2) is 6.10. The summed E-state index contributed by atoms with van der Waals surface area (Å²) in [6, 6.07) is 0.890. The fourth-order valence-corrected chi connectivity index (χ4v) is 1.61. The number of hydrogen-bond donors (Lipinski definition) is 1. The van der Waals surface area contributed by atoms with Gasteiger partial charge in [-0.1, -0.05) is 17.7 Å². The number of nitro groups is 1. The van der Waals surface area contributed by atoms with Gasteiger partial charge in [0.15, 0.2) is 0 Å². The second-order valence-electron chi connectivity index (χ2n) is 3.79. The maximum Gasteiger partial charge on any atom is 0.379 e. The molecule has 0 saturated heterocycles. The number of esters is 1. The van der Waals surface area contributed by atoms with Crippen LogP contribution in [0.5, 0.6) is 0 Å². The molecule has 6 nitrogen and oxygen atoms in total. The van der Waals surface area contributed by atoms with E-state index in [1.54, 1.807) is 0 Å². The van der Waals surface area contributed by atoms with Crippen LogP contribution in [0.2, 0.25) is 5.02 Å². The first-order valence-corrected chi connectivity index (χ1v) is 5.84. The first kappa shape index (κ1) is 16.3. The SMILES string of the molecule is CCOC(=O)C(F)(F)[C@@H](N)c1ccc(Cl)c([N+](=O)[O-])c1. The van der Waals surface area contributed by atoms with E-state index in [9.17, 15) is 23.7 Å². The highest BCUT2D eigenvalue weighted by Gasteiger charge is 2.48. The van der Waals surface area contributed by atoms with Crippen LogP contribution in [-0.2, 0) is 9.53 Å². The molecule has 0 saturated carbocycles. The zero-order chi connectivity index (χ0) is 15.5. The first-order valence-electron chi connectivity index (χ1n) is 5.46. The highest BCUT2D eigenvalue weighted by atomic mass is 35.5. The molecule has 0 bridgehead atoms. The molecule has 0 amide bonds. The van der Waals surface area contributed by atoms with Gasteiger partial charge >= 0.3 is 11.9 Å². The highest BCUT2D eigenvalue weighted by molar-refractivity contribution is 6.32. The van der Waals surface area contributed by atoms with Crippen molar-refractivity contribution >= 4 is 23.3 Å². The number of carbonyl (C=O) groups is 1. The van der Waals surface area contributed by atoms with Crippen LogP contribution in [0.15, 0.2) is 18.2 Å². The van der Waals surface area contributed by atoms with E-state index in [0.29, 0.717) is 0 Å². The zero-order valence-corrected chi connectivity index (χ0v) is 11.1. The molecule has 0 fully saturated rings. The summed E-state index contributed by atoms with van der Waals surface area (Å²) in [5.74, 6) is -5.79. The first-order chi connectivity index (χ1) is 9.21. The van der Waals surface area contributed by atoms with Gasteiger partial charge in [0.2, 0.25) is 0 Å². The van der Waals surface area contributed by atoms with Gasteiger partial charge in [0, 0.05) is 6.07 Å². The van der Waals surface area contributed by atoms with Crippen LogP contribution in [0.4, 0.5) is 14.5 Å². The summed E-state index contributed by atoms with van der Waals surface area (Å²) in [5, 5.41) is 10.5. The Labute approximate surface area is 117 Å². The monoisotopic (exact) mass is 308 g/mol. The lowest BCUT2D eigenvalue weighted by molar-refractivity contribution is -0.384. The van der Waals surface area contributed by atoms with Gasteiger partial charge in [0.1, 0.15) is 11.1 Å². The molecule has 2 N–H and O–H groups in total. The minimum Gasteiger partial charge on any atom is -0.462 e. The number of carbonyl (C=O) groups excluding carboxylic acids is 1. The number of benzene rings is 1. The number of ether oxygens (including phenoxy) is 1. The summed E-state index contributed by atoms with van der Waals surface area (Å²) >= 11 is 5.56. The van der Waals surface area contributed by atoms with Crippen molar-refractivity contribution in [2.75, 3.05) is 6.61 Å². The smallest absolute Gasteiger partial charge is 0.379 e. The van der Waals surface area contributed by atoms with E-state index in [1.807, 2.05) is 0 Å². The van der Waals surface area contributed by atoms with E-state index in [0.717, 1.165) is 18.2 Å². The predicted molar refractivity (Wildman–Crippen MR) is 66.6 cm³/mol. The van der Waals surface area contributed by atoms with E-state index in [4.69, 9.17) is 17.3 Å². The lowest BCUT2D eigenvalue weighted by Gasteiger charge is -2.21. The standard InChI is InChI=1S/C11H11ClF2N2O4/c1-2-20-10(17)11(13,14)9(15)6-3-4-7(12)8(5-6)16(18)19/h3-5,9H,2,15H2,1H3/t9-/m0/s1. The maximum atomic E-state index is 13.7. The Morgan fingerprint density at radius 3 is 2.70 bits per heavy atom. The second-order valence-corrected chi connectivity index (χ2v) is 4.20. The van der Waals surface area contributed by atoms with Gasteiger partial charge in [0.05, 0.1) is 11.5 Å². The molecular formula is C11H11ClF2N2O4. The molecule has 0 aliphatic heterocycles. The van der Waals surface area contributed by atoms with Gasteiger partial charge in [-0.3, -0.25) is 10.1 Å². The summed E-state index contributed by atoms with van der Waals surface area (Å²) in [7, 11) is 0. The van der Waals surface area contributed by atoms with Crippen molar-refractivity contribution in [3.8, 4) is 0 Å². The number of halogens is 3. The Hall–Kier alpha value is -1.80. The normalized spacial score (nSPS) is 12.8. The molecule has 1 aromatic rings. The van der Waals surface area contributed by atoms with Crippen LogP contribution in [-0.4, -0.2) is 23.4 Å². The molecule has 0 spiro atoms. The number of alkyl halides is 2. The number of nitrogens with two attached hydrogens (primary N) is 1. The lowest BCUT2D eigenvalue weighted by atomic mass is 10.0. The van der Waals surface area contributed by atoms with Crippen LogP contribution < -0.4 is 5.73 Å². The van der Waals surface area contributed by atoms with Gasteiger partial charge in [0.25, 0.3) is 5.69 Å². The van der Waals surface area contributed by atoms with E-state index in [2.05, 4.69) is 4.74 Å². The quantitative estimate of drug-likeness (QED) is 0.512. The Morgan fingerprint density at radius 2 is 2.20 bits per heavy atom. The van der Waals surface area contributed by atoms with Crippen molar-refractivity contribution in [3.05, 3.63) is 38.9 Å². The van der Waals surface area contributed by atoms with Crippen molar-refractivity contribution in [1.82, 2.24) is 0 Å². The number of nitrogens with zero attached hydrogens (tertiary/aromatic N) is 1. The van der Waals surface area contributed by atoms with Gasteiger partial charge in [-0.25, -0.2) is 4.79 Å². The molecule has 0 aliphatic rings. The van der Waals surface area contributed by atoms with E-state index >= 15 is 0 Å². The maximum absolute atomic E-state index is 13.7. The van der Waals surface area contributed by atoms with Crippen molar-refractivity contribution in [1.29, 1.82) is 0 Å². The molecule has 1 aromatic carbocycles. The van der Waals surface area contributed by atoms with E-state index in [-0.39, 0.29) is 17.2 Å². The van der Waals surface area contributed by atoms with Crippen LogP contribution in [0.3, 0.4) is 0 Å². The lowest BCUT2D eigenvalue weighted by Crippen LogP contribution is -2.41. The third kappa shape index (κ3) is 3.20. The minimum atomic E-state index is -4.00. The summed E-state index contributed by atoms with van der Waals surface area (Å²) in [5.41, 5.74) is 4.44. The van der Waals surface area contributed by atoms with Crippen LogP contribution >= 0.6 is 11.6 Å². The fourth-order valence-electron chi connectivity index (χ4n) is 1.43. The van der Waals surface area contributed by atoms with Gasteiger partial charge < -0.3 is 10.5 Å². The Kier molecular flexibility index (Phi) is 4.96. The van der Waals surface area contributed by atoms with Crippen molar-refractivity contribution < 1.29 is 23.2 Å². The molecule has 0 heterocycles. The molecule has 20 heavy (non-hydrogen) atoms. The van der Waals surface area contributed by atoms with Gasteiger partial charge in [-0.05, 0) is 18.6 Å². The minimum absolute atomic E-state index is 0.217. The van der Waals surface area contributed by atoms with Gasteiger partial charge in [-0.2, -0.15) is 8.78 Å². The van der Waals surface area contributed by atoms with Crippen LogP contribution in [0.1, 0.15) is 18.5 Å². The molecule has 110 valence electrons. The Balaban J connectivity index is 3.14. The molecule has 0 aliphatic carbocycles. The molecule has 0 unspecified atom stereocenters. The van der Waals surface area contributed by atoms with Gasteiger partial charge in [-0.15, -0.1) is 0 Å². The highest BCUT2D eigenvalue weighted by Crippen LogP contribution is 2.34. The van der Waals surface area contributed by atoms with E-state index < -0.39 is 28.5 Å². The predicted octanol–water partition coefficient (Wildman–Crippen LogP) is 2.45. The average Bonchev–Trinajstić information content (AvgIpc) is 2.38. The Bertz CT molecular complexity index is 539. The average molecular weight is 309 g/mol. The largest absolute Gasteiger partial charge is 0.462 e. The third-order valence-corrected chi connectivity index (χ3v) is 2.78. The summed E-state index contributed by atoms with van der Waals surface area (Å²) in [6.07, 6.45) is 0. The Morgan fingerprint density at radius 1 is 1.60 bits per heavy atom. The number of nitro benzene ring substituents is 1. The molecule has 0 radical (unpaired) electrons. The van der Waals surface area contributed by atoms with Crippen molar-refractivity contribution in [2.45, 2.75) is 18.9 Å². The zero-order valence-electron chi connectivity index (χ0n) is 10.3. The van der Waals surface area contributed by atoms with E-state index in [1.165, 1.54) is 6.92 Å². The van der Waals surface area contributed by atoms with Crippen LogP contribution in [0.25, 0.3) is 0 Å². The molecule has 0 aromatic heterocycles.